The van der Waals surface area contributed by atoms with Crippen LogP contribution in [0.2, 0.25) is 0 Å². The number of carbonyl (C=O) groups is 2. The van der Waals surface area contributed by atoms with E-state index in [1.54, 1.807) is 12.1 Å². The van der Waals surface area contributed by atoms with E-state index >= 15 is 0 Å². The molecule has 20 heavy (non-hydrogen) atoms. The molecule has 2 atom stereocenters. The lowest BCUT2D eigenvalue weighted by molar-refractivity contribution is -0.139. The van der Waals surface area contributed by atoms with Crippen LogP contribution in [0, 0.1) is 5.92 Å². The first-order chi connectivity index (χ1) is 9.61. The van der Waals surface area contributed by atoms with Crippen molar-refractivity contribution in [3.63, 3.8) is 0 Å². The molecule has 5 heteroatoms. The third-order valence-corrected chi connectivity index (χ3v) is 3.18. The number of hydrogen-bond donors (Lipinski definition) is 1. The zero-order chi connectivity index (χ0) is 14.5. The first kappa shape index (κ1) is 14.1. The third-order valence-electron chi connectivity index (χ3n) is 3.18. The summed E-state index contributed by atoms with van der Waals surface area (Å²) in [6.07, 6.45) is 1.80. The Morgan fingerprint density at radius 1 is 1.30 bits per heavy atom. The van der Waals surface area contributed by atoms with Crippen LogP contribution in [0.15, 0.2) is 36.9 Å². The zero-order valence-electron chi connectivity index (χ0n) is 11.0. The van der Waals surface area contributed by atoms with Crippen molar-refractivity contribution in [2.24, 2.45) is 5.92 Å². The molecule has 1 aromatic rings. The number of carbonyl (C=O) groups excluding carboxylic acids is 1. The van der Waals surface area contributed by atoms with Crippen molar-refractivity contribution in [3.05, 3.63) is 42.5 Å². The Balaban J connectivity index is 1.76. The minimum absolute atomic E-state index is 0.120. The van der Waals surface area contributed by atoms with Crippen LogP contribution in [0.3, 0.4) is 0 Å². The van der Waals surface area contributed by atoms with Crippen molar-refractivity contribution < 1.29 is 24.2 Å². The summed E-state index contributed by atoms with van der Waals surface area (Å²) in [5.41, 5.74) is 1.02. The Labute approximate surface area is 116 Å². The Morgan fingerprint density at radius 3 is 2.55 bits per heavy atom. The second kappa shape index (κ2) is 6.23. The van der Waals surface area contributed by atoms with E-state index in [0.717, 1.165) is 11.6 Å². The average Bonchev–Trinajstić information content (AvgIpc) is 3.24. The Kier molecular flexibility index (Phi) is 4.40. The van der Waals surface area contributed by atoms with Gasteiger partial charge in [-0.25, -0.2) is 4.79 Å². The van der Waals surface area contributed by atoms with Crippen molar-refractivity contribution in [1.29, 1.82) is 0 Å². The lowest BCUT2D eigenvalue weighted by atomic mass is 10.1. The zero-order valence-corrected chi connectivity index (χ0v) is 11.0. The topological polar surface area (TPSA) is 72.8 Å². The molecule has 0 spiro atoms. The molecule has 1 aliphatic rings. The second-order valence-corrected chi connectivity index (χ2v) is 4.58. The molecule has 1 aromatic carbocycles. The van der Waals surface area contributed by atoms with E-state index in [9.17, 15) is 9.59 Å². The molecule has 0 heterocycles. The highest BCUT2D eigenvalue weighted by atomic mass is 16.6. The van der Waals surface area contributed by atoms with E-state index in [0.29, 0.717) is 12.2 Å². The van der Waals surface area contributed by atoms with Crippen LogP contribution >= 0.6 is 0 Å². The van der Waals surface area contributed by atoms with E-state index < -0.39 is 11.9 Å². The maximum atomic E-state index is 10.8. The summed E-state index contributed by atoms with van der Waals surface area (Å²) in [6.45, 7) is 3.72. The van der Waals surface area contributed by atoms with Gasteiger partial charge in [0.2, 0.25) is 0 Å². The van der Waals surface area contributed by atoms with E-state index in [1.807, 2.05) is 12.1 Å². The third kappa shape index (κ3) is 3.60. The van der Waals surface area contributed by atoms with Crippen molar-refractivity contribution in [2.45, 2.75) is 12.3 Å². The normalized spacial score (nSPS) is 20.0. The molecule has 0 saturated heterocycles. The van der Waals surface area contributed by atoms with Gasteiger partial charge in [-0.1, -0.05) is 18.7 Å². The fourth-order valence-corrected chi connectivity index (χ4v) is 2.01. The first-order valence-electron chi connectivity index (χ1n) is 6.36. The molecule has 1 fully saturated rings. The number of ether oxygens (including phenoxy) is 2. The minimum Gasteiger partial charge on any atom is -0.490 e. The SMILES string of the molecule is C=CC(=O)OCCOc1ccc(C2CC2C(=O)O)cc1. The summed E-state index contributed by atoms with van der Waals surface area (Å²) in [4.78, 5) is 21.6. The van der Waals surface area contributed by atoms with E-state index in [1.165, 1.54) is 0 Å². The van der Waals surface area contributed by atoms with Crippen molar-refractivity contribution in [3.8, 4) is 5.75 Å². The summed E-state index contributed by atoms with van der Waals surface area (Å²) in [6, 6.07) is 7.33. The molecule has 1 N–H and O–H groups in total. The summed E-state index contributed by atoms with van der Waals surface area (Å²) < 4.78 is 10.2. The highest BCUT2D eigenvalue weighted by molar-refractivity contribution is 5.81. The molecule has 0 aliphatic heterocycles. The van der Waals surface area contributed by atoms with Crippen LogP contribution in [0.4, 0.5) is 0 Å². The van der Waals surface area contributed by atoms with Gasteiger partial charge in [0, 0.05) is 6.08 Å². The Morgan fingerprint density at radius 2 is 2.00 bits per heavy atom. The lowest BCUT2D eigenvalue weighted by Gasteiger charge is -2.07. The van der Waals surface area contributed by atoms with Crippen LogP contribution in [0.1, 0.15) is 17.9 Å². The molecule has 2 rings (SSSR count). The fraction of sp³-hybridized carbons (Fsp3) is 0.333. The molecule has 2 unspecified atom stereocenters. The van der Waals surface area contributed by atoms with Gasteiger partial charge in [0.25, 0.3) is 0 Å². The van der Waals surface area contributed by atoms with Crippen LogP contribution in [-0.2, 0) is 14.3 Å². The molecule has 0 radical (unpaired) electrons. The maximum Gasteiger partial charge on any atom is 0.330 e. The monoisotopic (exact) mass is 276 g/mol. The predicted octanol–water partition coefficient (Wildman–Crippen LogP) is 1.98. The van der Waals surface area contributed by atoms with Crippen molar-refractivity contribution in [2.75, 3.05) is 13.2 Å². The number of carboxylic acids is 1. The average molecular weight is 276 g/mol. The predicted molar refractivity (Wildman–Crippen MR) is 71.6 cm³/mol. The molecule has 1 aliphatic carbocycles. The highest BCUT2D eigenvalue weighted by Gasteiger charge is 2.43. The van der Waals surface area contributed by atoms with Gasteiger partial charge in [-0.15, -0.1) is 0 Å². The number of benzene rings is 1. The second-order valence-electron chi connectivity index (χ2n) is 4.58. The van der Waals surface area contributed by atoms with Gasteiger partial charge in [0.05, 0.1) is 5.92 Å². The highest BCUT2D eigenvalue weighted by Crippen LogP contribution is 2.47. The number of hydrogen-bond acceptors (Lipinski definition) is 4. The number of aliphatic carboxylic acids is 1. The Hall–Kier alpha value is -2.30. The number of carboxylic acid groups (broad SMARTS) is 1. The maximum absolute atomic E-state index is 10.8. The number of esters is 1. The van der Waals surface area contributed by atoms with Gasteiger partial charge in [0.1, 0.15) is 19.0 Å². The van der Waals surface area contributed by atoms with Gasteiger partial charge >= 0.3 is 11.9 Å². The van der Waals surface area contributed by atoms with Gasteiger partial charge < -0.3 is 14.6 Å². The summed E-state index contributed by atoms with van der Waals surface area (Å²) >= 11 is 0. The largest absolute Gasteiger partial charge is 0.490 e. The lowest BCUT2D eigenvalue weighted by Crippen LogP contribution is -2.10. The van der Waals surface area contributed by atoms with Crippen LogP contribution in [0.25, 0.3) is 0 Å². The number of rotatable bonds is 7. The Bertz CT molecular complexity index is 506. The first-order valence-corrected chi connectivity index (χ1v) is 6.36. The molecular formula is C15H16O5. The van der Waals surface area contributed by atoms with E-state index in [2.05, 4.69) is 6.58 Å². The standard InChI is InChI=1S/C15H16O5/c1-2-14(16)20-8-7-19-11-5-3-10(4-6-11)12-9-13(12)15(17)18/h2-6,12-13H,1,7-9H2,(H,17,18). The van der Waals surface area contributed by atoms with Crippen LogP contribution in [-0.4, -0.2) is 30.3 Å². The van der Waals surface area contributed by atoms with Gasteiger partial charge in [-0.05, 0) is 30.0 Å². The summed E-state index contributed by atoms with van der Waals surface area (Å²) in [5.74, 6) is -0.678. The molecule has 0 bridgehead atoms. The van der Waals surface area contributed by atoms with E-state index in [4.69, 9.17) is 14.6 Å². The fourth-order valence-electron chi connectivity index (χ4n) is 2.01. The molecule has 0 aromatic heterocycles. The van der Waals surface area contributed by atoms with Crippen LogP contribution in [0.5, 0.6) is 5.75 Å². The van der Waals surface area contributed by atoms with Crippen LogP contribution < -0.4 is 4.74 Å². The molecule has 106 valence electrons. The van der Waals surface area contributed by atoms with Gasteiger partial charge in [0.15, 0.2) is 0 Å². The van der Waals surface area contributed by atoms with Crippen molar-refractivity contribution >= 4 is 11.9 Å². The summed E-state index contributed by atoms with van der Waals surface area (Å²) in [7, 11) is 0. The van der Waals surface area contributed by atoms with Gasteiger partial charge in [-0.2, -0.15) is 0 Å². The van der Waals surface area contributed by atoms with Gasteiger partial charge in [-0.3, -0.25) is 4.79 Å². The summed E-state index contributed by atoms with van der Waals surface area (Å²) in [5, 5.41) is 8.87. The molecule has 5 nitrogen and oxygen atoms in total. The molecule has 1 saturated carbocycles. The molecular weight excluding hydrogens is 260 g/mol. The molecule has 0 amide bonds. The smallest absolute Gasteiger partial charge is 0.330 e. The minimum atomic E-state index is -0.737. The van der Waals surface area contributed by atoms with E-state index in [-0.39, 0.29) is 25.0 Å². The van der Waals surface area contributed by atoms with Crippen molar-refractivity contribution in [1.82, 2.24) is 0 Å². The quantitative estimate of drug-likeness (QED) is 0.468.